The second-order valence-corrected chi connectivity index (χ2v) is 5.21. The van der Waals surface area contributed by atoms with Gasteiger partial charge in [0.25, 0.3) is 0 Å². The van der Waals surface area contributed by atoms with Crippen molar-refractivity contribution in [3.8, 4) is 6.07 Å². The average Bonchev–Trinajstić information content (AvgIpc) is 2.42. The molecule has 1 amide bonds. The first kappa shape index (κ1) is 15.0. The predicted octanol–water partition coefficient (Wildman–Crippen LogP) is 1.98. The number of hydrogen-bond donors (Lipinski definition) is 2. The van der Waals surface area contributed by atoms with Crippen LogP contribution in [0, 0.1) is 22.7 Å². The molecule has 102 valence electrons. The minimum atomic E-state index is -0.905. The molecule has 4 heteroatoms. The number of hydrogen-bond acceptors (Lipinski definition) is 3. The molecule has 0 radical (unpaired) electrons. The Labute approximate surface area is 109 Å². The Balaban J connectivity index is 2.70. The molecule has 0 saturated heterocycles. The smallest absolute Gasteiger partial charge is 0.240 e. The first-order valence-corrected chi connectivity index (χ1v) is 6.96. The van der Waals surface area contributed by atoms with E-state index < -0.39 is 5.41 Å². The largest absolute Gasteiger partial charge is 0.396 e. The molecule has 1 fully saturated rings. The van der Waals surface area contributed by atoms with Crippen molar-refractivity contribution in [3.63, 3.8) is 0 Å². The van der Waals surface area contributed by atoms with Gasteiger partial charge in [0.2, 0.25) is 5.91 Å². The van der Waals surface area contributed by atoms with E-state index in [9.17, 15) is 15.2 Å². The molecule has 0 heterocycles. The highest BCUT2D eigenvalue weighted by atomic mass is 16.3. The van der Waals surface area contributed by atoms with Crippen molar-refractivity contribution < 1.29 is 9.90 Å². The number of carbonyl (C=O) groups excluding carboxylic acids is 1. The van der Waals surface area contributed by atoms with E-state index in [0.717, 1.165) is 25.7 Å². The van der Waals surface area contributed by atoms with Crippen LogP contribution in [0.5, 0.6) is 0 Å². The Morgan fingerprint density at radius 2 is 2.00 bits per heavy atom. The van der Waals surface area contributed by atoms with Crippen LogP contribution in [0.1, 0.15) is 52.4 Å². The number of aliphatic hydroxyl groups is 1. The average molecular weight is 252 g/mol. The Morgan fingerprint density at radius 1 is 1.39 bits per heavy atom. The summed E-state index contributed by atoms with van der Waals surface area (Å²) in [6.07, 6.45) is 5.12. The molecule has 0 aliphatic heterocycles. The van der Waals surface area contributed by atoms with Gasteiger partial charge in [0, 0.05) is 18.6 Å². The van der Waals surface area contributed by atoms with E-state index in [-0.39, 0.29) is 24.5 Å². The summed E-state index contributed by atoms with van der Waals surface area (Å²) in [7, 11) is 0. The minimum absolute atomic E-state index is 0.0297. The quantitative estimate of drug-likeness (QED) is 0.785. The number of rotatable bonds is 5. The third-order valence-corrected chi connectivity index (χ3v) is 4.32. The van der Waals surface area contributed by atoms with Gasteiger partial charge >= 0.3 is 0 Å². The molecule has 2 N–H and O–H groups in total. The summed E-state index contributed by atoms with van der Waals surface area (Å²) < 4.78 is 0. The van der Waals surface area contributed by atoms with Crippen molar-refractivity contribution in [2.75, 3.05) is 6.61 Å². The molecule has 1 saturated carbocycles. The van der Waals surface area contributed by atoms with Crippen LogP contribution < -0.4 is 5.32 Å². The van der Waals surface area contributed by atoms with E-state index in [1.807, 2.05) is 13.8 Å². The van der Waals surface area contributed by atoms with Crippen molar-refractivity contribution in [2.45, 2.75) is 58.4 Å². The number of nitriles is 1. The van der Waals surface area contributed by atoms with Crippen molar-refractivity contribution in [3.05, 3.63) is 0 Å². The maximum Gasteiger partial charge on any atom is 0.240 e. The van der Waals surface area contributed by atoms with Gasteiger partial charge in [-0.15, -0.1) is 0 Å². The van der Waals surface area contributed by atoms with Crippen LogP contribution in [0.3, 0.4) is 0 Å². The Bertz CT molecular complexity index is 318. The van der Waals surface area contributed by atoms with Crippen molar-refractivity contribution >= 4 is 5.91 Å². The third kappa shape index (κ3) is 3.02. The number of carbonyl (C=O) groups is 1. The van der Waals surface area contributed by atoms with E-state index >= 15 is 0 Å². The molecular weight excluding hydrogens is 228 g/mol. The zero-order valence-electron chi connectivity index (χ0n) is 11.4. The molecule has 0 bridgehead atoms. The van der Waals surface area contributed by atoms with E-state index in [1.165, 1.54) is 0 Å². The van der Waals surface area contributed by atoms with Crippen LogP contribution in [-0.2, 0) is 4.79 Å². The number of nitrogens with zero attached hydrogens (tertiary/aromatic N) is 1. The van der Waals surface area contributed by atoms with Crippen LogP contribution in [0.4, 0.5) is 0 Å². The monoisotopic (exact) mass is 252 g/mol. The molecule has 0 aromatic rings. The Hall–Kier alpha value is -1.08. The van der Waals surface area contributed by atoms with Crippen LogP contribution in [0.25, 0.3) is 0 Å². The molecule has 1 rings (SSSR count). The highest BCUT2D eigenvalue weighted by Crippen LogP contribution is 2.29. The van der Waals surface area contributed by atoms with Crippen molar-refractivity contribution in [1.29, 1.82) is 5.26 Å². The zero-order valence-corrected chi connectivity index (χ0v) is 11.4. The maximum atomic E-state index is 12.3. The molecule has 18 heavy (non-hydrogen) atoms. The summed E-state index contributed by atoms with van der Waals surface area (Å²) in [6.45, 7) is 3.86. The van der Waals surface area contributed by atoms with Gasteiger partial charge in [-0.3, -0.25) is 4.79 Å². The summed E-state index contributed by atoms with van der Waals surface area (Å²) in [5.41, 5.74) is -0.905. The highest BCUT2D eigenvalue weighted by Gasteiger charge is 2.37. The lowest BCUT2D eigenvalue weighted by molar-refractivity contribution is -0.130. The normalized spacial score (nSPS) is 24.3. The maximum absolute atomic E-state index is 12.3. The van der Waals surface area contributed by atoms with E-state index in [1.54, 1.807) is 0 Å². The fraction of sp³-hybridized carbons (Fsp3) is 0.857. The van der Waals surface area contributed by atoms with E-state index in [4.69, 9.17) is 0 Å². The van der Waals surface area contributed by atoms with Crippen molar-refractivity contribution in [2.24, 2.45) is 11.3 Å². The molecule has 1 aliphatic rings. The van der Waals surface area contributed by atoms with Crippen LogP contribution in [0.15, 0.2) is 0 Å². The van der Waals surface area contributed by atoms with Gasteiger partial charge in [0.15, 0.2) is 0 Å². The molecule has 2 unspecified atom stereocenters. The van der Waals surface area contributed by atoms with Gasteiger partial charge in [0.1, 0.15) is 5.41 Å². The molecule has 4 nitrogen and oxygen atoms in total. The molecule has 0 spiro atoms. The van der Waals surface area contributed by atoms with Gasteiger partial charge in [-0.2, -0.15) is 5.26 Å². The standard InChI is InChI=1S/C14H24N2O2/c1-3-14(4-2,10-15)13(18)16-12-8-6-5-7-11(12)9-17/h11-12,17H,3-9H2,1-2H3,(H,16,18). The zero-order chi connectivity index (χ0) is 13.6. The lowest BCUT2D eigenvalue weighted by atomic mass is 9.80. The van der Waals surface area contributed by atoms with E-state index in [2.05, 4.69) is 11.4 Å². The second kappa shape index (κ2) is 6.75. The molecule has 2 atom stereocenters. The van der Waals surface area contributed by atoms with Crippen molar-refractivity contribution in [1.82, 2.24) is 5.32 Å². The molecule has 0 aromatic carbocycles. The van der Waals surface area contributed by atoms with Gasteiger partial charge in [-0.05, 0) is 25.7 Å². The summed E-state index contributed by atoms with van der Waals surface area (Å²) >= 11 is 0. The molecule has 0 aromatic heterocycles. The van der Waals surface area contributed by atoms with Crippen LogP contribution >= 0.6 is 0 Å². The van der Waals surface area contributed by atoms with Gasteiger partial charge in [0.05, 0.1) is 6.07 Å². The predicted molar refractivity (Wildman–Crippen MR) is 69.6 cm³/mol. The summed E-state index contributed by atoms with van der Waals surface area (Å²) in [4.78, 5) is 12.3. The molecular formula is C14H24N2O2. The Morgan fingerprint density at radius 3 is 2.50 bits per heavy atom. The van der Waals surface area contributed by atoms with E-state index in [0.29, 0.717) is 12.8 Å². The highest BCUT2D eigenvalue weighted by molar-refractivity contribution is 5.85. The fourth-order valence-corrected chi connectivity index (χ4v) is 2.70. The number of amides is 1. The Kier molecular flexibility index (Phi) is 5.61. The lowest BCUT2D eigenvalue weighted by Gasteiger charge is -2.33. The molecule has 1 aliphatic carbocycles. The summed E-state index contributed by atoms with van der Waals surface area (Å²) in [6, 6.07) is 2.19. The second-order valence-electron chi connectivity index (χ2n) is 5.21. The van der Waals surface area contributed by atoms with Gasteiger partial charge in [-0.1, -0.05) is 26.7 Å². The number of nitrogens with one attached hydrogen (secondary N) is 1. The third-order valence-electron chi connectivity index (χ3n) is 4.32. The van der Waals surface area contributed by atoms with Gasteiger partial charge < -0.3 is 10.4 Å². The van der Waals surface area contributed by atoms with Crippen LogP contribution in [0.2, 0.25) is 0 Å². The lowest BCUT2D eigenvalue weighted by Crippen LogP contribution is -2.49. The van der Waals surface area contributed by atoms with Gasteiger partial charge in [-0.25, -0.2) is 0 Å². The first-order valence-electron chi connectivity index (χ1n) is 6.96. The first-order chi connectivity index (χ1) is 8.63. The van der Waals surface area contributed by atoms with Crippen LogP contribution in [-0.4, -0.2) is 23.7 Å². The fourth-order valence-electron chi connectivity index (χ4n) is 2.70. The summed E-state index contributed by atoms with van der Waals surface area (Å²) in [5, 5.41) is 21.6. The minimum Gasteiger partial charge on any atom is -0.396 e. The topological polar surface area (TPSA) is 73.1 Å². The number of aliphatic hydroxyl groups excluding tert-OH is 1. The SMILES string of the molecule is CCC(C#N)(CC)C(=O)NC1CCCCC1CO. The summed E-state index contributed by atoms with van der Waals surface area (Å²) in [5.74, 6) is -0.0202.